The number of hydrogen-bond acceptors (Lipinski definition) is 4. The first-order valence-corrected chi connectivity index (χ1v) is 12.9. The van der Waals surface area contributed by atoms with Crippen molar-refractivity contribution in [3.8, 4) is 0 Å². The first kappa shape index (κ1) is 24.2. The standard InChI is InChI=1S/C28H44O4/c1-17(2)18(3)7-8-19(4)21-9-10-22-23-15-24(30)28(32)16-20(29)11-12-26(28,6)27(23,31)14-13-25(21,22)5/h7-8,15,17-22,29,31-32H,9-14,16H2,1-6H3/t18-,19+,20?,21+,22-,25+,26+,27?,28?/m0/s1. The van der Waals surface area contributed by atoms with Crippen molar-refractivity contribution < 1.29 is 20.1 Å². The molecular weight excluding hydrogens is 400 g/mol. The highest BCUT2D eigenvalue weighted by atomic mass is 16.3. The molecule has 0 aromatic carbocycles. The molecule has 32 heavy (non-hydrogen) atoms. The van der Waals surface area contributed by atoms with Gasteiger partial charge in [0.25, 0.3) is 0 Å². The lowest BCUT2D eigenvalue weighted by Gasteiger charge is -2.63. The molecule has 4 aliphatic rings. The Morgan fingerprint density at radius 2 is 1.66 bits per heavy atom. The van der Waals surface area contributed by atoms with Gasteiger partial charge in [0.05, 0.1) is 11.7 Å². The van der Waals surface area contributed by atoms with Crippen LogP contribution in [0.15, 0.2) is 23.8 Å². The third-order valence-corrected chi connectivity index (χ3v) is 10.7. The summed E-state index contributed by atoms with van der Waals surface area (Å²) in [5.74, 6) is 2.01. The van der Waals surface area contributed by atoms with E-state index in [0.717, 1.165) is 24.8 Å². The Labute approximate surface area is 194 Å². The molecule has 3 N–H and O–H groups in total. The summed E-state index contributed by atoms with van der Waals surface area (Å²) in [4.78, 5) is 13.3. The predicted octanol–water partition coefficient (Wildman–Crippen LogP) is 4.82. The van der Waals surface area contributed by atoms with Gasteiger partial charge < -0.3 is 15.3 Å². The average Bonchev–Trinajstić information content (AvgIpc) is 3.07. The summed E-state index contributed by atoms with van der Waals surface area (Å²) < 4.78 is 0. The smallest absolute Gasteiger partial charge is 0.188 e. The van der Waals surface area contributed by atoms with Crippen molar-refractivity contribution in [3.05, 3.63) is 23.8 Å². The molecule has 4 nitrogen and oxygen atoms in total. The van der Waals surface area contributed by atoms with E-state index in [1.54, 1.807) is 6.08 Å². The van der Waals surface area contributed by atoms with Gasteiger partial charge in [0.15, 0.2) is 5.78 Å². The third kappa shape index (κ3) is 3.15. The minimum absolute atomic E-state index is 0.0227. The van der Waals surface area contributed by atoms with Gasteiger partial charge in [0, 0.05) is 11.8 Å². The van der Waals surface area contributed by atoms with E-state index in [1.165, 1.54) is 0 Å². The Hall–Kier alpha value is -0.970. The number of carbonyl (C=O) groups is 1. The molecule has 3 fully saturated rings. The second-order valence-corrected chi connectivity index (χ2v) is 12.5. The fraction of sp³-hybridized carbons (Fsp3) is 0.821. The molecule has 3 saturated carbocycles. The second-order valence-electron chi connectivity index (χ2n) is 12.5. The van der Waals surface area contributed by atoms with Crippen molar-refractivity contribution in [2.24, 2.45) is 40.4 Å². The maximum atomic E-state index is 13.3. The number of ketones is 1. The van der Waals surface area contributed by atoms with Gasteiger partial charge in [0.1, 0.15) is 5.60 Å². The van der Waals surface area contributed by atoms with Crippen molar-refractivity contribution in [2.45, 2.75) is 104 Å². The zero-order valence-electron chi connectivity index (χ0n) is 20.9. The molecule has 4 heteroatoms. The van der Waals surface area contributed by atoms with Crippen LogP contribution in [0.5, 0.6) is 0 Å². The van der Waals surface area contributed by atoms with Gasteiger partial charge in [-0.3, -0.25) is 4.79 Å². The van der Waals surface area contributed by atoms with E-state index >= 15 is 0 Å². The van der Waals surface area contributed by atoms with Crippen LogP contribution in [-0.2, 0) is 4.79 Å². The number of fused-ring (bicyclic) bond motifs is 5. The molecule has 0 aromatic heterocycles. The summed E-state index contributed by atoms with van der Waals surface area (Å²) >= 11 is 0. The summed E-state index contributed by atoms with van der Waals surface area (Å²) in [5, 5.41) is 33.9. The number of hydrogen-bond donors (Lipinski definition) is 3. The number of aliphatic hydroxyl groups excluding tert-OH is 1. The van der Waals surface area contributed by atoms with E-state index in [1.807, 2.05) is 6.92 Å². The molecule has 0 heterocycles. The van der Waals surface area contributed by atoms with Crippen LogP contribution in [0.3, 0.4) is 0 Å². The highest BCUT2D eigenvalue weighted by Crippen LogP contribution is 2.68. The van der Waals surface area contributed by atoms with Crippen LogP contribution in [0, 0.1) is 40.4 Å². The van der Waals surface area contributed by atoms with Gasteiger partial charge in [-0.05, 0) is 85.2 Å². The van der Waals surface area contributed by atoms with Crippen molar-refractivity contribution in [3.63, 3.8) is 0 Å². The number of carbonyl (C=O) groups excluding carboxylic acids is 1. The Morgan fingerprint density at radius 1 is 0.969 bits per heavy atom. The van der Waals surface area contributed by atoms with Crippen LogP contribution < -0.4 is 0 Å². The fourth-order valence-electron chi connectivity index (χ4n) is 7.91. The van der Waals surface area contributed by atoms with Crippen LogP contribution in [0.4, 0.5) is 0 Å². The van der Waals surface area contributed by atoms with Gasteiger partial charge in [-0.15, -0.1) is 0 Å². The Morgan fingerprint density at radius 3 is 2.31 bits per heavy atom. The normalized spacial score (nSPS) is 48.2. The first-order chi connectivity index (χ1) is 14.8. The van der Waals surface area contributed by atoms with Crippen LogP contribution in [-0.4, -0.2) is 38.4 Å². The molecule has 0 bridgehead atoms. The van der Waals surface area contributed by atoms with E-state index in [4.69, 9.17) is 0 Å². The lowest BCUT2D eigenvalue weighted by Crippen LogP contribution is -2.71. The van der Waals surface area contributed by atoms with E-state index in [0.29, 0.717) is 42.9 Å². The first-order valence-electron chi connectivity index (χ1n) is 12.9. The zero-order valence-corrected chi connectivity index (χ0v) is 20.9. The Kier molecular flexibility index (Phi) is 5.88. The van der Waals surface area contributed by atoms with Crippen LogP contribution in [0.25, 0.3) is 0 Å². The van der Waals surface area contributed by atoms with Crippen LogP contribution in [0.1, 0.15) is 86.5 Å². The molecule has 0 aliphatic heterocycles. The largest absolute Gasteiger partial charge is 0.393 e. The summed E-state index contributed by atoms with van der Waals surface area (Å²) in [6, 6.07) is 0. The molecule has 3 unspecified atom stereocenters. The van der Waals surface area contributed by atoms with Crippen LogP contribution >= 0.6 is 0 Å². The molecule has 9 atom stereocenters. The lowest BCUT2D eigenvalue weighted by molar-refractivity contribution is -0.223. The van der Waals surface area contributed by atoms with Gasteiger partial charge in [-0.25, -0.2) is 0 Å². The maximum absolute atomic E-state index is 13.3. The molecule has 0 radical (unpaired) electrons. The zero-order chi connectivity index (χ0) is 23.7. The van der Waals surface area contributed by atoms with Crippen molar-refractivity contribution in [1.29, 1.82) is 0 Å². The van der Waals surface area contributed by atoms with Crippen molar-refractivity contribution >= 4 is 5.78 Å². The lowest BCUT2D eigenvalue weighted by atomic mass is 9.43. The van der Waals surface area contributed by atoms with Gasteiger partial charge in [0.2, 0.25) is 0 Å². The second kappa shape index (κ2) is 7.78. The van der Waals surface area contributed by atoms with Crippen molar-refractivity contribution in [2.75, 3.05) is 0 Å². The number of allylic oxidation sites excluding steroid dienone is 2. The summed E-state index contributed by atoms with van der Waals surface area (Å²) in [6.45, 7) is 13.4. The highest BCUT2D eigenvalue weighted by molar-refractivity contribution is 6.00. The third-order valence-electron chi connectivity index (χ3n) is 10.7. The van der Waals surface area contributed by atoms with E-state index < -0.39 is 22.7 Å². The quantitative estimate of drug-likeness (QED) is 0.543. The Balaban J connectivity index is 1.67. The molecular formula is C28H44O4. The van der Waals surface area contributed by atoms with E-state index in [2.05, 4.69) is 46.8 Å². The fourth-order valence-corrected chi connectivity index (χ4v) is 7.91. The topological polar surface area (TPSA) is 77.8 Å². The molecule has 0 spiro atoms. The minimum Gasteiger partial charge on any atom is -0.393 e. The van der Waals surface area contributed by atoms with E-state index in [-0.39, 0.29) is 23.5 Å². The SMILES string of the molecule is CC(C)[C@@H](C)C=C[C@@H](C)[C@H]1CC[C@H]2C3=CC(=O)C4(O)CC(O)CC[C@]4(C)C3(O)CC[C@]12C. The molecule has 0 amide bonds. The molecule has 0 saturated heterocycles. The van der Waals surface area contributed by atoms with Crippen LogP contribution in [0.2, 0.25) is 0 Å². The maximum Gasteiger partial charge on any atom is 0.188 e. The number of rotatable bonds is 4. The number of aliphatic hydroxyl groups is 3. The summed E-state index contributed by atoms with van der Waals surface area (Å²) in [5.41, 5.74) is -2.90. The highest BCUT2D eigenvalue weighted by Gasteiger charge is 2.71. The van der Waals surface area contributed by atoms with Gasteiger partial charge >= 0.3 is 0 Å². The minimum atomic E-state index is -1.68. The molecule has 180 valence electrons. The summed E-state index contributed by atoms with van der Waals surface area (Å²) in [7, 11) is 0. The summed E-state index contributed by atoms with van der Waals surface area (Å²) in [6.07, 6.45) is 10.2. The monoisotopic (exact) mass is 444 g/mol. The Bertz CT molecular complexity index is 829. The molecule has 0 aromatic rings. The average molecular weight is 445 g/mol. The van der Waals surface area contributed by atoms with Gasteiger partial charge in [-0.1, -0.05) is 53.7 Å². The predicted molar refractivity (Wildman–Crippen MR) is 127 cm³/mol. The molecule has 4 aliphatic carbocycles. The van der Waals surface area contributed by atoms with Crippen molar-refractivity contribution in [1.82, 2.24) is 0 Å². The van der Waals surface area contributed by atoms with Gasteiger partial charge in [-0.2, -0.15) is 0 Å². The molecule has 4 rings (SSSR count). The van der Waals surface area contributed by atoms with E-state index in [9.17, 15) is 20.1 Å².